The number of carbonyl (C=O) groups excluding carboxylic acids is 1. The molecular formula is C14H15ClF2O3S. The first-order valence-corrected chi connectivity index (χ1v) is 7.95. The molecule has 1 aromatic carbocycles. The molecule has 1 aromatic rings. The van der Waals surface area contributed by atoms with E-state index in [0.29, 0.717) is 22.6 Å². The third kappa shape index (κ3) is 3.49. The summed E-state index contributed by atoms with van der Waals surface area (Å²) in [7, 11) is 0. The average molecular weight is 337 g/mol. The van der Waals surface area contributed by atoms with Crippen LogP contribution in [0.1, 0.15) is 35.4 Å². The molecule has 116 valence electrons. The second-order valence-electron chi connectivity index (χ2n) is 4.37. The fraction of sp³-hybridized carbons (Fsp3) is 0.500. The fourth-order valence-electron chi connectivity index (χ4n) is 2.19. The maximum atomic E-state index is 14.2. The molecule has 0 saturated carbocycles. The standard InChI is InChI=1S/C14H15ClF2O3S/c1-2-19-14(18)8-7-9(17)13-11(12(8)15)10(3-6-21-13)20-5-4-16/h7,10H,2-6H2,1H3. The number of benzene rings is 1. The van der Waals surface area contributed by atoms with Crippen LogP contribution in [0.5, 0.6) is 0 Å². The van der Waals surface area contributed by atoms with E-state index in [1.165, 1.54) is 11.8 Å². The van der Waals surface area contributed by atoms with Crippen LogP contribution in [0.15, 0.2) is 11.0 Å². The predicted octanol–water partition coefficient (Wildman–Crippen LogP) is 4.18. The van der Waals surface area contributed by atoms with E-state index < -0.39 is 24.6 Å². The molecule has 0 saturated heterocycles. The minimum atomic E-state index is -0.677. The van der Waals surface area contributed by atoms with Gasteiger partial charge in [0.2, 0.25) is 0 Å². The molecule has 1 heterocycles. The van der Waals surface area contributed by atoms with Crippen LogP contribution in [-0.4, -0.2) is 31.6 Å². The van der Waals surface area contributed by atoms with Crippen molar-refractivity contribution in [3.8, 4) is 0 Å². The number of halogens is 3. The van der Waals surface area contributed by atoms with Crippen LogP contribution in [0.4, 0.5) is 8.78 Å². The van der Waals surface area contributed by atoms with Gasteiger partial charge in [-0.1, -0.05) is 11.6 Å². The second-order valence-corrected chi connectivity index (χ2v) is 5.85. The Kier molecular flexibility index (Phi) is 5.84. The van der Waals surface area contributed by atoms with Gasteiger partial charge >= 0.3 is 5.97 Å². The molecule has 1 aliphatic rings. The van der Waals surface area contributed by atoms with E-state index in [-0.39, 0.29) is 23.8 Å². The molecule has 21 heavy (non-hydrogen) atoms. The van der Waals surface area contributed by atoms with Crippen molar-refractivity contribution in [3.05, 3.63) is 28.0 Å². The number of esters is 1. The maximum Gasteiger partial charge on any atom is 0.339 e. The van der Waals surface area contributed by atoms with E-state index >= 15 is 0 Å². The molecule has 0 spiro atoms. The number of rotatable bonds is 5. The van der Waals surface area contributed by atoms with Crippen molar-refractivity contribution in [2.45, 2.75) is 24.3 Å². The third-order valence-electron chi connectivity index (χ3n) is 3.05. The summed E-state index contributed by atoms with van der Waals surface area (Å²) in [6.07, 6.45) is 0.0803. The van der Waals surface area contributed by atoms with E-state index in [4.69, 9.17) is 21.1 Å². The third-order valence-corrected chi connectivity index (χ3v) is 4.60. The molecule has 1 aliphatic heterocycles. The van der Waals surface area contributed by atoms with Gasteiger partial charge in [0.15, 0.2) is 0 Å². The van der Waals surface area contributed by atoms with E-state index in [1.807, 2.05) is 0 Å². The van der Waals surface area contributed by atoms with Crippen LogP contribution < -0.4 is 0 Å². The normalized spacial score (nSPS) is 17.4. The number of fused-ring (bicyclic) bond motifs is 1. The van der Waals surface area contributed by atoms with Gasteiger partial charge in [-0.05, 0) is 19.4 Å². The molecule has 1 atom stereocenters. The van der Waals surface area contributed by atoms with Gasteiger partial charge < -0.3 is 9.47 Å². The molecule has 0 fully saturated rings. The van der Waals surface area contributed by atoms with Crippen molar-refractivity contribution in [2.24, 2.45) is 0 Å². The van der Waals surface area contributed by atoms with Gasteiger partial charge in [-0.25, -0.2) is 13.6 Å². The van der Waals surface area contributed by atoms with Crippen LogP contribution in [0.3, 0.4) is 0 Å². The lowest BCUT2D eigenvalue weighted by molar-refractivity contribution is 0.0385. The Morgan fingerprint density at radius 2 is 2.33 bits per heavy atom. The number of ether oxygens (including phenoxy) is 2. The summed E-state index contributed by atoms with van der Waals surface area (Å²) in [5, 5.41) is 0.126. The molecule has 0 aromatic heterocycles. The number of hydrogen-bond donors (Lipinski definition) is 0. The van der Waals surface area contributed by atoms with Crippen LogP contribution in [0.25, 0.3) is 0 Å². The van der Waals surface area contributed by atoms with Crippen LogP contribution in [0, 0.1) is 5.82 Å². The topological polar surface area (TPSA) is 35.5 Å². The zero-order valence-corrected chi connectivity index (χ0v) is 13.0. The lowest BCUT2D eigenvalue weighted by Crippen LogP contribution is -2.17. The maximum absolute atomic E-state index is 14.2. The van der Waals surface area contributed by atoms with Gasteiger partial charge in [-0.15, -0.1) is 11.8 Å². The number of carbonyl (C=O) groups is 1. The van der Waals surface area contributed by atoms with Crippen molar-refractivity contribution in [1.82, 2.24) is 0 Å². The molecule has 0 bridgehead atoms. The summed E-state index contributed by atoms with van der Waals surface area (Å²) in [5.74, 6) is -0.560. The highest BCUT2D eigenvalue weighted by Gasteiger charge is 2.30. The lowest BCUT2D eigenvalue weighted by atomic mass is 10.0. The Bertz CT molecular complexity index is 539. The van der Waals surface area contributed by atoms with Gasteiger partial charge in [0.05, 0.1) is 34.8 Å². The monoisotopic (exact) mass is 336 g/mol. The van der Waals surface area contributed by atoms with Crippen molar-refractivity contribution in [3.63, 3.8) is 0 Å². The van der Waals surface area contributed by atoms with E-state index in [9.17, 15) is 13.6 Å². The summed E-state index contributed by atoms with van der Waals surface area (Å²) in [5.41, 5.74) is 0.399. The number of alkyl halides is 1. The van der Waals surface area contributed by atoms with E-state index in [0.717, 1.165) is 6.07 Å². The second kappa shape index (κ2) is 7.42. The SMILES string of the molecule is CCOC(=O)c1cc(F)c2c(c1Cl)C(OCCF)CCS2. The molecule has 0 N–H and O–H groups in total. The quantitative estimate of drug-likeness (QED) is 0.756. The molecule has 0 radical (unpaired) electrons. The van der Waals surface area contributed by atoms with E-state index in [1.54, 1.807) is 6.92 Å². The summed E-state index contributed by atoms with van der Waals surface area (Å²) < 4.78 is 36.8. The Morgan fingerprint density at radius 3 is 3.00 bits per heavy atom. The Hall–Kier alpha value is -0.850. The summed E-state index contributed by atoms with van der Waals surface area (Å²) in [4.78, 5) is 12.2. The van der Waals surface area contributed by atoms with Crippen molar-refractivity contribution >= 4 is 29.3 Å². The van der Waals surface area contributed by atoms with Crippen LogP contribution in [-0.2, 0) is 9.47 Å². The van der Waals surface area contributed by atoms with Gasteiger partial charge in [0.25, 0.3) is 0 Å². The average Bonchev–Trinajstić information content (AvgIpc) is 2.48. The largest absolute Gasteiger partial charge is 0.462 e. The Balaban J connectivity index is 2.45. The molecule has 7 heteroatoms. The van der Waals surface area contributed by atoms with E-state index in [2.05, 4.69) is 0 Å². The first-order chi connectivity index (χ1) is 10.1. The molecule has 0 amide bonds. The van der Waals surface area contributed by atoms with Gasteiger partial charge in [-0.2, -0.15) is 0 Å². The van der Waals surface area contributed by atoms with Crippen molar-refractivity contribution in [1.29, 1.82) is 0 Å². The number of hydrogen-bond acceptors (Lipinski definition) is 4. The Labute approximate surface area is 130 Å². The first kappa shape index (κ1) is 16.5. The Morgan fingerprint density at radius 1 is 1.57 bits per heavy atom. The fourth-order valence-corrected chi connectivity index (χ4v) is 3.71. The van der Waals surface area contributed by atoms with Crippen molar-refractivity contribution in [2.75, 3.05) is 25.6 Å². The van der Waals surface area contributed by atoms with Gasteiger partial charge in [-0.3, -0.25) is 0 Å². The highest BCUT2D eigenvalue weighted by molar-refractivity contribution is 7.99. The molecule has 1 unspecified atom stereocenters. The highest BCUT2D eigenvalue weighted by Crippen LogP contribution is 2.44. The molecule has 0 aliphatic carbocycles. The minimum Gasteiger partial charge on any atom is -0.462 e. The van der Waals surface area contributed by atoms with Crippen molar-refractivity contribution < 1.29 is 23.0 Å². The van der Waals surface area contributed by atoms with Crippen LogP contribution >= 0.6 is 23.4 Å². The highest BCUT2D eigenvalue weighted by atomic mass is 35.5. The molecular weight excluding hydrogens is 322 g/mol. The molecule has 2 rings (SSSR count). The zero-order valence-electron chi connectivity index (χ0n) is 11.5. The van der Waals surface area contributed by atoms with Gasteiger partial charge in [0.1, 0.15) is 12.5 Å². The van der Waals surface area contributed by atoms with Gasteiger partial charge in [0, 0.05) is 11.3 Å². The lowest BCUT2D eigenvalue weighted by Gasteiger charge is -2.27. The van der Waals surface area contributed by atoms with Crippen LogP contribution in [0.2, 0.25) is 5.02 Å². The zero-order chi connectivity index (χ0) is 15.4. The molecule has 3 nitrogen and oxygen atoms in total. The number of thioether (sulfide) groups is 1. The summed E-state index contributed by atoms with van der Waals surface area (Å²) in [6.45, 7) is 1.11. The predicted molar refractivity (Wildman–Crippen MR) is 77.4 cm³/mol. The minimum absolute atomic E-state index is 0.0221. The first-order valence-electron chi connectivity index (χ1n) is 6.59. The smallest absolute Gasteiger partial charge is 0.339 e. The summed E-state index contributed by atoms with van der Waals surface area (Å²) >= 11 is 7.56. The summed E-state index contributed by atoms with van der Waals surface area (Å²) in [6, 6.07) is 1.09.